The van der Waals surface area contributed by atoms with Crippen LogP contribution in [0.3, 0.4) is 0 Å². The zero-order chi connectivity index (χ0) is 15.4. The molecule has 110 valence electrons. The average Bonchev–Trinajstić information content (AvgIpc) is 2.48. The molecule has 0 unspecified atom stereocenters. The number of para-hydroxylation sites is 1. The molecule has 0 atom stereocenters. The lowest BCUT2D eigenvalue weighted by atomic mass is 10.2. The molecule has 0 aliphatic rings. The summed E-state index contributed by atoms with van der Waals surface area (Å²) in [5.74, 6) is 0.169. The van der Waals surface area contributed by atoms with Crippen molar-refractivity contribution in [1.29, 1.82) is 0 Å². The molecular formula is C14H12FIN2O3. The number of halogens is 2. The minimum absolute atomic E-state index is 0.142. The topological polar surface area (TPSA) is 64.4 Å². The molecule has 0 aliphatic carbocycles. The van der Waals surface area contributed by atoms with Crippen LogP contribution in [0.25, 0.3) is 0 Å². The van der Waals surface area contributed by atoms with Crippen molar-refractivity contribution in [2.24, 2.45) is 0 Å². The molecule has 0 amide bonds. The third-order valence-corrected chi connectivity index (χ3v) is 3.72. The van der Waals surface area contributed by atoms with Crippen molar-refractivity contribution in [2.45, 2.75) is 6.54 Å². The first-order chi connectivity index (χ1) is 10.0. The van der Waals surface area contributed by atoms with Gasteiger partial charge in [-0.3, -0.25) is 10.1 Å². The van der Waals surface area contributed by atoms with Gasteiger partial charge in [-0.1, -0.05) is 18.2 Å². The van der Waals surface area contributed by atoms with Gasteiger partial charge in [0.1, 0.15) is 17.3 Å². The maximum atomic E-state index is 13.6. The predicted molar refractivity (Wildman–Crippen MR) is 86.1 cm³/mol. The molecule has 0 heterocycles. The number of ether oxygens (including phenoxy) is 1. The summed E-state index contributed by atoms with van der Waals surface area (Å²) in [6.45, 7) is 0.297. The smallest absolute Gasteiger partial charge is 0.293 e. The molecule has 0 aliphatic heterocycles. The number of benzene rings is 2. The Labute approximate surface area is 134 Å². The number of rotatable bonds is 5. The van der Waals surface area contributed by atoms with Gasteiger partial charge in [0, 0.05) is 24.2 Å². The Morgan fingerprint density at radius 2 is 2.10 bits per heavy atom. The van der Waals surface area contributed by atoms with E-state index in [2.05, 4.69) is 5.32 Å². The maximum absolute atomic E-state index is 13.6. The summed E-state index contributed by atoms with van der Waals surface area (Å²) in [4.78, 5) is 10.5. The number of methoxy groups -OCH3 is 1. The van der Waals surface area contributed by atoms with Gasteiger partial charge in [-0.15, -0.1) is 0 Å². The molecule has 0 fully saturated rings. The molecule has 21 heavy (non-hydrogen) atoms. The molecule has 5 nitrogen and oxygen atoms in total. The van der Waals surface area contributed by atoms with Gasteiger partial charge in [0.25, 0.3) is 5.69 Å². The molecule has 0 radical (unpaired) electrons. The summed E-state index contributed by atoms with van der Waals surface area (Å²) in [5, 5.41) is 13.9. The third-order valence-electron chi connectivity index (χ3n) is 2.90. The first-order valence-corrected chi connectivity index (χ1v) is 7.10. The molecule has 0 saturated carbocycles. The van der Waals surface area contributed by atoms with Gasteiger partial charge < -0.3 is 10.1 Å². The fraction of sp³-hybridized carbons (Fsp3) is 0.143. The second kappa shape index (κ2) is 6.70. The molecular weight excluding hydrogens is 390 g/mol. The van der Waals surface area contributed by atoms with Crippen LogP contribution >= 0.6 is 22.6 Å². The highest BCUT2D eigenvalue weighted by Gasteiger charge is 2.17. The fourth-order valence-electron chi connectivity index (χ4n) is 1.87. The quantitative estimate of drug-likeness (QED) is 0.467. The van der Waals surface area contributed by atoms with Crippen molar-refractivity contribution >= 4 is 34.0 Å². The fourth-order valence-corrected chi connectivity index (χ4v) is 2.32. The van der Waals surface area contributed by atoms with Crippen molar-refractivity contribution in [1.82, 2.24) is 0 Å². The molecule has 2 aromatic carbocycles. The third kappa shape index (κ3) is 3.60. The van der Waals surface area contributed by atoms with E-state index in [1.807, 2.05) is 18.2 Å². The summed E-state index contributed by atoms with van der Waals surface area (Å²) < 4.78 is 19.0. The summed E-state index contributed by atoms with van der Waals surface area (Å²) >= 11 is 1.72. The van der Waals surface area contributed by atoms with E-state index in [-0.39, 0.29) is 14.9 Å². The number of anilines is 1. The lowest BCUT2D eigenvalue weighted by molar-refractivity contribution is -0.384. The molecule has 1 N–H and O–H groups in total. The van der Waals surface area contributed by atoms with Crippen LogP contribution in [0.5, 0.6) is 5.75 Å². The Morgan fingerprint density at radius 3 is 2.76 bits per heavy atom. The number of nitro benzene ring substituents is 1. The average molecular weight is 402 g/mol. The summed E-state index contributed by atoms with van der Waals surface area (Å²) in [6, 6.07) is 9.63. The number of hydrogen-bond acceptors (Lipinski definition) is 4. The van der Waals surface area contributed by atoms with Crippen LogP contribution in [0.2, 0.25) is 0 Å². The standard InChI is InChI=1S/C14H12FIN2O3/c1-21-14-5-3-2-4-9(14)8-17-12-6-10(15)11(16)7-13(12)18(19)20/h2-7,17H,8H2,1H3. The highest BCUT2D eigenvalue weighted by Crippen LogP contribution is 2.29. The van der Waals surface area contributed by atoms with Crippen molar-refractivity contribution in [3.63, 3.8) is 0 Å². The maximum Gasteiger partial charge on any atom is 0.293 e. The molecule has 2 rings (SSSR count). The van der Waals surface area contributed by atoms with Crippen LogP contribution in [0.4, 0.5) is 15.8 Å². The van der Waals surface area contributed by atoms with Gasteiger partial charge in [0.15, 0.2) is 0 Å². The van der Waals surface area contributed by atoms with Gasteiger partial charge in [0.2, 0.25) is 0 Å². The molecule has 2 aromatic rings. The Morgan fingerprint density at radius 1 is 1.38 bits per heavy atom. The lowest BCUT2D eigenvalue weighted by Gasteiger charge is -2.11. The zero-order valence-corrected chi connectivity index (χ0v) is 13.3. The number of nitrogens with zero attached hydrogens (tertiary/aromatic N) is 1. The summed E-state index contributed by atoms with van der Waals surface area (Å²) in [5.41, 5.74) is 0.813. The van der Waals surface area contributed by atoms with Crippen LogP contribution in [-0.2, 0) is 6.54 Å². The summed E-state index contributed by atoms with van der Waals surface area (Å²) in [7, 11) is 1.55. The van der Waals surface area contributed by atoms with E-state index in [1.54, 1.807) is 35.8 Å². The Hall–Kier alpha value is -1.90. The second-order valence-electron chi connectivity index (χ2n) is 4.21. The Balaban J connectivity index is 2.27. The van der Waals surface area contributed by atoms with E-state index in [4.69, 9.17) is 4.74 Å². The van der Waals surface area contributed by atoms with Crippen molar-refractivity contribution in [3.8, 4) is 5.75 Å². The largest absolute Gasteiger partial charge is 0.496 e. The molecule has 7 heteroatoms. The first-order valence-electron chi connectivity index (χ1n) is 6.02. The number of hydrogen-bond donors (Lipinski definition) is 1. The first kappa shape index (κ1) is 15.5. The molecule has 0 bridgehead atoms. The minimum Gasteiger partial charge on any atom is -0.496 e. The van der Waals surface area contributed by atoms with Crippen LogP contribution < -0.4 is 10.1 Å². The van der Waals surface area contributed by atoms with Crippen molar-refractivity contribution in [2.75, 3.05) is 12.4 Å². The van der Waals surface area contributed by atoms with Crippen LogP contribution in [-0.4, -0.2) is 12.0 Å². The van der Waals surface area contributed by atoms with Crippen molar-refractivity contribution in [3.05, 3.63) is 61.5 Å². The van der Waals surface area contributed by atoms with Gasteiger partial charge >= 0.3 is 0 Å². The Kier molecular flexibility index (Phi) is 4.94. The van der Waals surface area contributed by atoms with E-state index in [1.165, 1.54) is 6.07 Å². The SMILES string of the molecule is COc1ccccc1CNc1cc(F)c(I)cc1[N+](=O)[O-]. The van der Waals surface area contributed by atoms with Crippen molar-refractivity contribution < 1.29 is 14.1 Å². The Bertz CT molecular complexity index is 679. The zero-order valence-electron chi connectivity index (χ0n) is 11.1. The number of nitrogens with one attached hydrogen (secondary N) is 1. The van der Waals surface area contributed by atoms with Gasteiger partial charge in [-0.05, 0) is 28.7 Å². The molecule has 0 spiro atoms. The lowest BCUT2D eigenvalue weighted by Crippen LogP contribution is -2.05. The summed E-state index contributed by atoms with van der Waals surface area (Å²) in [6.07, 6.45) is 0. The van der Waals surface area contributed by atoms with E-state index in [0.29, 0.717) is 12.3 Å². The predicted octanol–water partition coefficient (Wildman–Crippen LogP) is 3.96. The van der Waals surface area contributed by atoms with E-state index >= 15 is 0 Å². The van der Waals surface area contributed by atoms with E-state index in [0.717, 1.165) is 11.6 Å². The van der Waals surface area contributed by atoms with Crippen LogP contribution in [0.1, 0.15) is 5.56 Å². The van der Waals surface area contributed by atoms with E-state index < -0.39 is 10.7 Å². The van der Waals surface area contributed by atoms with Crippen LogP contribution in [0, 0.1) is 19.5 Å². The normalized spacial score (nSPS) is 10.2. The second-order valence-corrected chi connectivity index (χ2v) is 5.37. The van der Waals surface area contributed by atoms with Gasteiger partial charge in [-0.2, -0.15) is 0 Å². The molecule has 0 aromatic heterocycles. The highest BCUT2D eigenvalue weighted by molar-refractivity contribution is 14.1. The number of nitro groups is 1. The van der Waals surface area contributed by atoms with E-state index in [9.17, 15) is 14.5 Å². The van der Waals surface area contributed by atoms with Gasteiger partial charge in [-0.25, -0.2) is 4.39 Å². The highest BCUT2D eigenvalue weighted by atomic mass is 127. The minimum atomic E-state index is -0.536. The van der Waals surface area contributed by atoms with Gasteiger partial charge in [0.05, 0.1) is 15.6 Å². The monoisotopic (exact) mass is 402 g/mol. The van der Waals surface area contributed by atoms with Crippen LogP contribution in [0.15, 0.2) is 36.4 Å². The molecule has 0 saturated heterocycles.